The summed E-state index contributed by atoms with van der Waals surface area (Å²) < 4.78 is 0. The first-order valence-corrected chi connectivity index (χ1v) is 10.8. The normalized spacial score (nSPS) is 19.4. The summed E-state index contributed by atoms with van der Waals surface area (Å²) in [6.07, 6.45) is 5.10. The average molecular weight is 396 g/mol. The number of rotatable bonds is 3. The van der Waals surface area contributed by atoms with Crippen LogP contribution in [0, 0.1) is 0 Å². The number of amides is 2. The Kier molecular flexibility index (Phi) is 5.57. The van der Waals surface area contributed by atoms with Crippen LogP contribution in [0.3, 0.4) is 0 Å². The van der Waals surface area contributed by atoms with Crippen molar-refractivity contribution >= 4 is 40.6 Å². The summed E-state index contributed by atoms with van der Waals surface area (Å²) in [4.78, 5) is 27.9. The fourth-order valence-corrected chi connectivity index (χ4v) is 4.57. The molecule has 2 heterocycles. The Morgan fingerprint density at radius 2 is 1.79 bits per heavy atom. The van der Waals surface area contributed by atoms with Gasteiger partial charge in [0, 0.05) is 34.9 Å². The van der Waals surface area contributed by atoms with E-state index in [2.05, 4.69) is 27.7 Å². The zero-order valence-electron chi connectivity index (χ0n) is 16.0. The maximum atomic E-state index is 12.6. The van der Waals surface area contributed by atoms with Gasteiger partial charge in [-0.05, 0) is 62.2 Å². The molecule has 6 heteroatoms. The molecule has 2 aliphatic rings. The zero-order chi connectivity index (χ0) is 19.5. The molecule has 146 valence electrons. The van der Waals surface area contributed by atoms with Crippen LogP contribution in [0.5, 0.6) is 0 Å². The van der Waals surface area contributed by atoms with E-state index in [4.69, 9.17) is 0 Å². The van der Waals surface area contributed by atoms with Gasteiger partial charge in [-0.25, -0.2) is 0 Å². The third kappa shape index (κ3) is 4.17. The minimum absolute atomic E-state index is 0.0286. The molecule has 28 heavy (non-hydrogen) atoms. The van der Waals surface area contributed by atoms with Gasteiger partial charge < -0.3 is 15.5 Å². The van der Waals surface area contributed by atoms with Gasteiger partial charge >= 0.3 is 0 Å². The number of fused-ring (bicyclic) bond motifs is 1. The highest BCUT2D eigenvalue weighted by Crippen LogP contribution is 2.36. The molecule has 2 amide bonds. The predicted octanol–water partition coefficient (Wildman–Crippen LogP) is 4.75. The van der Waals surface area contributed by atoms with Crippen molar-refractivity contribution in [3.63, 3.8) is 0 Å². The van der Waals surface area contributed by atoms with Crippen molar-refractivity contribution in [2.45, 2.75) is 42.8 Å². The molecule has 0 bridgehead atoms. The van der Waals surface area contributed by atoms with Crippen LogP contribution in [0.1, 0.15) is 43.0 Å². The molecule has 0 unspecified atom stereocenters. The molecule has 2 N–H and O–H groups in total. The molecule has 0 aliphatic carbocycles. The van der Waals surface area contributed by atoms with Gasteiger partial charge in [-0.1, -0.05) is 12.8 Å². The van der Waals surface area contributed by atoms with E-state index in [0.717, 1.165) is 23.7 Å². The standard InChI is InChI=1S/C22H25N3O2S/c1-15-21(26)24-19-14-16(6-11-20(19)28-15)22(27)23-17-7-9-18(10-8-17)25-12-4-2-3-5-13-25/h6-11,14-15H,2-5,12-13H2,1H3,(H,23,27)(H,24,26)/t15-/m0/s1. The Hall–Kier alpha value is -2.47. The van der Waals surface area contributed by atoms with Crippen molar-refractivity contribution < 1.29 is 9.59 Å². The van der Waals surface area contributed by atoms with Crippen LogP contribution in [0.25, 0.3) is 0 Å². The Bertz CT molecular complexity index is 874. The lowest BCUT2D eigenvalue weighted by Crippen LogP contribution is -2.26. The topological polar surface area (TPSA) is 61.4 Å². The van der Waals surface area contributed by atoms with E-state index in [-0.39, 0.29) is 17.1 Å². The van der Waals surface area contributed by atoms with Crippen molar-refractivity contribution in [2.24, 2.45) is 0 Å². The molecule has 0 aromatic heterocycles. The van der Waals surface area contributed by atoms with Gasteiger partial charge in [-0.3, -0.25) is 9.59 Å². The number of thioether (sulfide) groups is 1. The van der Waals surface area contributed by atoms with Crippen molar-refractivity contribution in [3.8, 4) is 0 Å². The lowest BCUT2D eigenvalue weighted by molar-refractivity contribution is -0.115. The number of anilines is 3. The van der Waals surface area contributed by atoms with Crippen molar-refractivity contribution in [1.29, 1.82) is 0 Å². The molecule has 2 aromatic rings. The minimum Gasteiger partial charge on any atom is -0.372 e. The van der Waals surface area contributed by atoms with E-state index in [9.17, 15) is 9.59 Å². The largest absolute Gasteiger partial charge is 0.372 e. The summed E-state index contributed by atoms with van der Waals surface area (Å²) in [6.45, 7) is 4.07. The number of carbonyl (C=O) groups excluding carboxylic acids is 2. The molecule has 1 saturated heterocycles. The molecule has 0 radical (unpaired) electrons. The number of nitrogens with zero attached hydrogens (tertiary/aromatic N) is 1. The maximum Gasteiger partial charge on any atom is 0.255 e. The van der Waals surface area contributed by atoms with Crippen molar-refractivity contribution in [3.05, 3.63) is 48.0 Å². The molecular weight excluding hydrogens is 370 g/mol. The van der Waals surface area contributed by atoms with Crippen LogP contribution >= 0.6 is 11.8 Å². The highest BCUT2D eigenvalue weighted by molar-refractivity contribution is 8.00. The monoisotopic (exact) mass is 395 g/mol. The number of benzene rings is 2. The number of hydrogen-bond acceptors (Lipinski definition) is 4. The van der Waals surface area contributed by atoms with E-state index in [1.165, 1.54) is 43.1 Å². The van der Waals surface area contributed by atoms with Gasteiger partial charge in [0.1, 0.15) is 0 Å². The van der Waals surface area contributed by atoms with Crippen LogP contribution in [-0.2, 0) is 4.79 Å². The Labute approximate surface area is 169 Å². The number of carbonyl (C=O) groups is 2. The molecule has 4 rings (SSSR count). The molecule has 2 aliphatic heterocycles. The minimum atomic E-state index is -0.178. The van der Waals surface area contributed by atoms with E-state index in [1.54, 1.807) is 12.1 Å². The second-order valence-corrected chi connectivity index (χ2v) is 8.75. The summed E-state index contributed by atoms with van der Waals surface area (Å²) in [5.41, 5.74) is 3.22. The van der Waals surface area contributed by atoms with Crippen LogP contribution in [-0.4, -0.2) is 30.2 Å². The zero-order valence-corrected chi connectivity index (χ0v) is 16.8. The SMILES string of the molecule is C[C@@H]1Sc2ccc(C(=O)Nc3ccc(N4CCCCCC4)cc3)cc2NC1=O. The fraction of sp³-hybridized carbons (Fsp3) is 0.364. The molecule has 0 spiro atoms. The maximum absolute atomic E-state index is 12.6. The first-order valence-electron chi connectivity index (χ1n) is 9.88. The second kappa shape index (κ2) is 8.27. The summed E-state index contributed by atoms with van der Waals surface area (Å²) in [5.74, 6) is -0.206. The molecule has 0 saturated carbocycles. The summed E-state index contributed by atoms with van der Waals surface area (Å²) >= 11 is 1.51. The molecule has 2 aromatic carbocycles. The van der Waals surface area contributed by atoms with E-state index >= 15 is 0 Å². The molecule has 1 atom stereocenters. The van der Waals surface area contributed by atoms with E-state index < -0.39 is 0 Å². The number of nitrogens with one attached hydrogen (secondary N) is 2. The quantitative estimate of drug-likeness (QED) is 0.787. The molecule has 1 fully saturated rings. The van der Waals surface area contributed by atoms with Crippen LogP contribution in [0.2, 0.25) is 0 Å². The second-order valence-electron chi connectivity index (χ2n) is 7.36. The van der Waals surface area contributed by atoms with Gasteiger partial charge in [0.25, 0.3) is 5.91 Å². The average Bonchev–Trinajstić information content (AvgIpc) is 2.98. The van der Waals surface area contributed by atoms with Crippen molar-refractivity contribution in [1.82, 2.24) is 0 Å². The van der Waals surface area contributed by atoms with Gasteiger partial charge in [0.2, 0.25) is 5.91 Å². The lowest BCUT2D eigenvalue weighted by Gasteiger charge is -2.23. The molecular formula is C22H25N3O2S. The van der Waals surface area contributed by atoms with Gasteiger partial charge in [-0.2, -0.15) is 0 Å². The Morgan fingerprint density at radius 1 is 1.07 bits per heavy atom. The summed E-state index contributed by atoms with van der Waals surface area (Å²) in [7, 11) is 0. The van der Waals surface area contributed by atoms with E-state index in [1.807, 2.05) is 25.1 Å². The lowest BCUT2D eigenvalue weighted by atomic mass is 10.1. The predicted molar refractivity (Wildman–Crippen MR) is 115 cm³/mol. The van der Waals surface area contributed by atoms with Gasteiger partial charge in [-0.15, -0.1) is 11.8 Å². The Morgan fingerprint density at radius 3 is 2.50 bits per heavy atom. The highest BCUT2D eigenvalue weighted by atomic mass is 32.2. The Balaban J connectivity index is 1.43. The fourth-order valence-electron chi connectivity index (χ4n) is 3.64. The first-order chi connectivity index (χ1) is 13.6. The summed E-state index contributed by atoms with van der Waals surface area (Å²) in [6, 6.07) is 13.5. The van der Waals surface area contributed by atoms with E-state index in [0.29, 0.717) is 11.3 Å². The first kappa shape index (κ1) is 18.9. The van der Waals surface area contributed by atoms with Crippen LogP contribution < -0.4 is 15.5 Å². The highest BCUT2D eigenvalue weighted by Gasteiger charge is 2.23. The molecule has 5 nitrogen and oxygen atoms in total. The third-order valence-corrected chi connectivity index (χ3v) is 6.45. The summed E-state index contributed by atoms with van der Waals surface area (Å²) in [5, 5.41) is 5.71. The number of hydrogen-bond donors (Lipinski definition) is 2. The van der Waals surface area contributed by atoms with Gasteiger partial charge in [0.15, 0.2) is 0 Å². The van der Waals surface area contributed by atoms with Crippen LogP contribution in [0.15, 0.2) is 47.4 Å². The smallest absolute Gasteiger partial charge is 0.255 e. The van der Waals surface area contributed by atoms with Crippen LogP contribution in [0.4, 0.5) is 17.1 Å². The third-order valence-electron chi connectivity index (χ3n) is 5.27. The van der Waals surface area contributed by atoms with Gasteiger partial charge in [0.05, 0.1) is 10.9 Å². The van der Waals surface area contributed by atoms with Crippen molar-refractivity contribution in [2.75, 3.05) is 28.6 Å².